The maximum Gasteiger partial charge on any atom is -0.0255 e. The van der Waals surface area contributed by atoms with Gasteiger partial charge in [-0.2, -0.15) is 6.08 Å². The normalized spacial score (nSPS) is 12.8. The molecule has 0 aromatic heterocycles. The van der Waals surface area contributed by atoms with Gasteiger partial charge in [0.05, 0.1) is 0 Å². The van der Waals surface area contributed by atoms with Crippen molar-refractivity contribution in [2.24, 2.45) is 0 Å². The molecule has 0 saturated carbocycles. The summed E-state index contributed by atoms with van der Waals surface area (Å²) in [5, 5.41) is 10.8. The van der Waals surface area contributed by atoms with Gasteiger partial charge in [-0.1, -0.05) is 77.5 Å². The molecule has 0 N–H and O–H groups in total. The SMILES string of the molecule is FC(F)(F)c1cc([C](=[Zr+2])c2cc(C(F)(F)F)cc(C(F)(F)F)c2)cc(C(F)(F)F)c1.[C-]1=CC=CC1.[Cl-].[Cl-].c1ccc2c(c1)[cH-]c1c3ccccc3c3ccccc3c21. The molecule has 300 valence electrons. The largest absolute Gasteiger partial charge is 1.00 e. The van der Waals surface area contributed by atoms with E-state index in [0.717, 1.165) is 6.42 Å². The summed E-state index contributed by atoms with van der Waals surface area (Å²) in [4.78, 5) is 0. The topological polar surface area (TPSA) is 0 Å². The summed E-state index contributed by atoms with van der Waals surface area (Å²) >= 11 is -0.00108. The molecule has 0 aliphatic heterocycles. The van der Waals surface area contributed by atoms with E-state index in [-0.39, 0.29) is 85.4 Å². The first kappa shape index (κ1) is 46.4. The fraction of sp³-hybridized carbons (Fsp3) is 0.116. The summed E-state index contributed by atoms with van der Waals surface area (Å²) in [6.45, 7) is 0. The summed E-state index contributed by atoms with van der Waals surface area (Å²) in [5.41, 5.74) is -8.54. The second kappa shape index (κ2) is 17.9. The molecule has 7 aromatic rings. The van der Waals surface area contributed by atoms with Gasteiger partial charge in [0.15, 0.2) is 0 Å². The third-order valence-corrected chi connectivity index (χ3v) is 10.3. The van der Waals surface area contributed by atoms with E-state index < -0.39 is 61.3 Å². The van der Waals surface area contributed by atoms with Crippen molar-refractivity contribution in [1.29, 1.82) is 0 Å². The molecule has 7 aromatic carbocycles. The van der Waals surface area contributed by atoms with Crippen LogP contribution in [0.3, 0.4) is 0 Å². The van der Waals surface area contributed by atoms with Crippen LogP contribution in [0.4, 0.5) is 52.7 Å². The Labute approximate surface area is 350 Å². The van der Waals surface area contributed by atoms with E-state index in [1.54, 1.807) is 0 Å². The fourth-order valence-corrected chi connectivity index (χ4v) is 7.03. The number of benzene rings is 6. The second-order valence-corrected chi connectivity index (χ2v) is 13.8. The molecule has 0 heterocycles. The van der Waals surface area contributed by atoms with Gasteiger partial charge >= 0.3 is 175 Å². The Morgan fingerprint density at radius 1 is 0.500 bits per heavy atom. The number of hydrogen-bond acceptors (Lipinski definition) is 0. The van der Waals surface area contributed by atoms with Gasteiger partial charge in [0.1, 0.15) is 0 Å². The van der Waals surface area contributed by atoms with Crippen LogP contribution < -0.4 is 24.8 Å². The van der Waals surface area contributed by atoms with Gasteiger partial charge in [-0.05, 0) is 10.8 Å². The fourth-order valence-electron chi connectivity index (χ4n) is 6.32. The molecule has 0 radical (unpaired) electrons. The minimum atomic E-state index is -5.22. The Morgan fingerprint density at radius 3 is 1.26 bits per heavy atom. The van der Waals surface area contributed by atoms with E-state index in [0.29, 0.717) is 0 Å². The maximum atomic E-state index is 13.0. The molecule has 15 heteroatoms. The zero-order valence-corrected chi connectivity index (χ0v) is 33.2. The first-order valence-electron chi connectivity index (χ1n) is 16.5. The predicted octanol–water partition coefficient (Wildman–Crippen LogP) is 8.21. The van der Waals surface area contributed by atoms with E-state index in [2.05, 4.69) is 91.0 Å². The van der Waals surface area contributed by atoms with E-state index in [4.69, 9.17) is 0 Å². The van der Waals surface area contributed by atoms with Crippen LogP contribution in [0.15, 0.2) is 133 Å². The van der Waals surface area contributed by atoms with Crippen molar-refractivity contribution >= 4 is 46.3 Å². The molecule has 1 aliphatic rings. The number of fused-ring (bicyclic) bond motifs is 8. The monoisotopic (exact) mass is 928 g/mol. The third-order valence-electron chi connectivity index (χ3n) is 8.84. The average molecular weight is 931 g/mol. The van der Waals surface area contributed by atoms with Crippen LogP contribution in [0.2, 0.25) is 0 Å². The molecular weight excluding hydrogens is 907 g/mol. The van der Waals surface area contributed by atoms with Gasteiger partial charge in [-0.25, -0.2) is 12.2 Å². The van der Waals surface area contributed by atoms with Crippen molar-refractivity contribution in [1.82, 2.24) is 0 Å². The zero-order chi connectivity index (χ0) is 40.6. The van der Waals surface area contributed by atoms with Gasteiger partial charge in [-0.15, -0.1) is 40.1 Å². The van der Waals surface area contributed by atoms with E-state index in [1.165, 1.54) is 43.1 Å². The van der Waals surface area contributed by atoms with Gasteiger partial charge < -0.3 is 24.8 Å². The molecule has 1 aliphatic carbocycles. The molecule has 0 fully saturated rings. The van der Waals surface area contributed by atoms with Crippen molar-refractivity contribution in [3.63, 3.8) is 0 Å². The number of alkyl halides is 12. The average Bonchev–Trinajstić information content (AvgIpc) is 3.86. The van der Waals surface area contributed by atoms with Crippen molar-refractivity contribution in [3.05, 3.63) is 173 Å². The van der Waals surface area contributed by atoms with Crippen LogP contribution >= 0.6 is 0 Å². The predicted molar refractivity (Wildman–Crippen MR) is 190 cm³/mol. The minimum absolute atomic E-state index is 0. The summed E-state index contributed by atoms with van der Waals surface area (Å²) < 4.78 is 155. The molecule has 0 spiro atoms. The van der Waals surface area contributed by atoms with Crippen LogP contribution in [0.1, 0.15) is 39.8 Å². The van der Waals surface area contributed by atoms with E-state index >= 15 is 0 Å². The third kappa shape index (κ3) is 10.3. The Hall–Kier alpha value is -4.32. The number of rotatable bonds is 2. The van der Waals surface area contributed by atoms with Crippen molar-refractivity contribution in [2.45, 2.75) is 31.1 Å². The molecule has 0 bridgehead atoms. The molecule has 0 saturated heterocycles. The summed E-state index contributed by atoms with van der Waals surface area (Å²) in [7, 11) is 0. The standard InChI is InChI=1S/C21H13.C17H6F12.C5H5.2ClH.Zr/c1-2-8-15-14(7-1)13-20-18-11-4-3-9-16(18)17-10-5-6-12-19(17)21(15)20;18-14(19,20)10-2-8(3-11(6-10)15(21,22)23)1-9-4-12(16(24,25)26)7-13(5-9)17(27,28)29;1-2-4-5-3-1;;;/h1-13H;2-7H;1-3H,4H2;2*1H;/q-1;;-1;;;+2/p-2. The molecular formula is C43H24Cl2F12Zr-2. The molecule has 0 unspecified atom stereocenters. The van der Waals surface area contributed by atoms with Gasteiger partial charge in [0.2, 0.25) is 0 Å². The van der Waals surface area contributed by atoms with Crippen LogP contribution in [-0.4, -0.2) is 3.21 Å². The van der Waals surface area contributed by atoms with Crippen LogP contribution in [0.25, 0.3) is 43.1 Å². The summed E-state index contributed by atoms with van der Waals surface area (Å²) in [6, 6.07) is 29.1. The van der Waals surface area contributed by atoms with Crippen LogP contribution in [-0.2, 0) is 48.9 Å². The Morgan fingerprint density at radius 2 is 0.879 bits per heavy atom. The van der Waals surface area contributed by atoms with E-state index in [1.807, 2.05) is 12.2 Å². The quantitative estimate of drug-likeness (QED) is 0.0933. The zero-order valence-electron chi connectivity index (χ0n) is 29.2. The maximum absolute atomic E-state index is 13.0. The summed E-state index contributed by atoms with van der Waals surface area (Å²) in [6.07, 6.45) is -10.9. The smallest absolute Gasteiger partial charge is 0.0255 e. The Kier molecular flexibility index (Phi) is 14.3. The summed E-state index contributed by atoms with van der Waals surface area (Å²) in [5.74, 6) is 0. The first-order valence-corrected chi connectivity index (χ1v) is 17.7. The van der Waals surface area contributed by atoms with Crippen molar-refractivity contribution < 1.29 is 102 Å². The van der Waals surface area contributed by atoms with Gasteiger partial charge in [0, 0.05) is 0 Å². The van der Waals surface area contributed by atoms with Crippen LogP contribution in [0.5, 0.6) is 0 Å². The van der Waals surface area contributed by atoms with Crippen molar-refractivity contribution in [3.8, 4) is 0 Å². The number of hydrogen-bond donors (Lipinski definition) is 0. The molecule has 58 heavy (non-hydrogen) atoms. The molecule has 0 amide bonds. The number of allylic oxidation sites excluding steroid dienone is 4. The van der Waals surface area contributed by atoms with Gasteiger partial charge in [-0.3, -0.25) is 6.08 Å². The molecule has 0 nitrogen and oxygen atoms in total. The number of halogens is 14. The van der Waals surface area contributed by atoms with Crippen LogP contribution in [0, 0.1) is 6.08 Å². The molecule has 8 rings (SSSR count). The Bertz CT molecular complexity index is 2490. The minimum Gasteiger partial charge on any atom is -1.00 e. The van der Waals surface area contributed by atoms with Gasteiger partial charge in [0.25, 0.3) is 0 Å². The molecule has 0 atom stereocenters. The Balaban J connectivity index is 0.000000229. The van der Waals surface area contributed by atoms with Crippen molar-refractivity contribution in [2.75, 3.05) is 0 Å². The van der Waals surface area contributed by atoms with E-state index in [9.17, 15) is 52.7 Å². The second-order valence-electron chi connectivity index (χ2n) is 12.6. The first-order chi connectivity index (χ1) is 26.2.